The van der Waals surface area contributed by atoms with Crippen LogP contribution in [0.5, 0.6) is 0 Å². The lowest BCUT2D eigenvalue weighted by atomic mass is 9.87. The maximum absolute atomic E-state index is 13.2. The third-order valence-electron chi connectivity index (χ3n) is 3.11. The first-order chi connectivity index (χ1) is 7.15. The first kappa shape index (κ1) is 10.3. The largest absolute Gasteiger partial charge is 0.308 e. The van der Waals surface area contributed by atoms with E-state index in [9.17, 15) is 9.18 Å². The zero-order valence-corrected chi connectivity index (χ0v) is 8.72. The van der Waals surface area contributed by atoms with E-state index in [-0.39, 0.29) is 11.4 Å². The van der Waals surface area contributed by atoms with Gasteiger partial charge in [0.15, 0.2) is 0 Å². The molecule has 1 aromatic carbocycles. The van der Waals surface area contributed by atoms with E-state index in [4.69, 9.17) is 0 Å². The molecule has 15 heavy (non-hydrogen) atoms. The molecule has 0 aliphatic carbocycles. The van der Waals surface area contributed by atoms with E-state index in [0.717, 1.165) is 31.2 Å². The van der Waals surface area contributed by atoms with Crippen LogP contribution in [0.2, 0.25) is 0 Å². The molecule has 0 spiro atoms. The number of nitrogens with one attached hydrogen (secondary N) is 1. The Labute approximate surface area is 88.5 Å². The Kier molecular flexibility index (Phi) is 2.57. The van der Waals surface area contributed by atoms with E-state index >= 15 is 0 Å². The first-order valence-electron chi connectivity index (χ1n) is 5.16. The third kappa shape index (κ3) is 1.79. The summed E-state index contributed by atoms with van der Waals surface area (Å²) in [6, 6.07) is 4.33. The van der Waals surface area contributed by atoms with Gasteiger partial charge >= 0.3 is 0 Å². The highest BCUT2D eigenvalue weighted by atomic mass is 19.1. The fourth-order valence-electron chi connectivity index (χ4n) is 2.23. The molecule has 1 atom stereocenters. The Balaban J connectivity index is 2.49. The molecule has 1 aromatic rings. The van der Waals surface area contributed by atoms with Gasteiger partial charge in [-0.1, -0.05) is 0 Å². The molecule has 0 bridgehead atoms. The predicted molar refractivity (Wildman–Crippen MR) is 56.4 cm³/mol. The molecule has 0 amide bonds. The average molecular weight is 207 g/mol. The summed E-state index contributed by atoms with van der Waals surface area (Å²) in [4.78, 5) is 10.9. The van der Waals surface area contributed by atoms with Gasteiger partial charge in [0.05, 0.1) is 0 Å². The summed E-state index contributed by atoms with van der Waals surface area (Å²) < 4.78 is 13.2. The lowest BCUT2D eigenvalue weighted by molar-refractivity contribution is 0.112. The van der Waals surface area contributed by atoms with E-state index in [1.54, 1.807) is 6.07 Å². The molecular formula is C12H14FNO. The number of rotatable bonds is 2. The van der Waals surface area contributed by atoms with Crippen LogP contribution in [0, 0.1) is 5.82 Å². The van der Waals surface area contributed by atoms with Gasteiger partial charge in [0.2, 0.25) is 0 Å². The Bertz CT molecular complexity index is 383. The average Bonchev–Trinajstić information content (AvgIpc) is 2.66. The van der Waals surface area contributed by atoms with Crippen molar-refractivity contribution in [3.05, 3.63) is 35.1 Å². The number of halogens is 1. The summed E-state index contributed by atoms with van der Waals surface area (Å²) in [5.41, 5.74) is 1.10. The second kappa shape index (κ2) is 3.74. The SMILES string of the molecule is CC1(c2cc(F)ccc2C=O)CCCN1. The van der Waals surface area contributed by atoms with Crippen LogP contribution < -0.4 is 5.32 Å². The van der Waals surface area contributed by atoms with Gasteiger partial charge in [0.1, 0.15) is 12.1 Å². The first-order valence-corrected chi connectivity index (χ1v) is 5.16. The van der Waals surface area contributed by atoms with Crippen LogP contribution in [0.15, 0.2) is 18.2 Å². The van der Waals surface area contributed by atoms with Gasteiger partial charge in [-0.05, 0) is 50.1 Å². The van der Waals surface area contributed by atoms with Crippen LogP contribution in [0.4, 0.5) is 4.39 Å². The highest BCUT2D eigenvalue weighted by Crippen LogP contribution is 2.32. The molecule has 1 aliphatic rings. The van der Waals surface area contributed by atoms with Gasteiger partial charge in [0, 0.05) is 11.1 Å². The van der Waals surface area contributed by atoms with Gasteiger partial charge in [-0.3, -0.25) is 4.79 Å². The molecule has 1 saturated heterocycles. The Hall–Kier alpha value is -1.22. The summed E-state index contributed by atoms with van der Waals surface area (Å²) in [6.45, 7) is 2.94. The minimum atomic E-state index is -0.287. The molecule has 0 aromatic heterocycles. The molecule has 1 aliphatic heterocycles. The van der Waals surface area contributed by atoms with Crippen LogP contribution in [0.25, 0.3) is 0 Å². The summed E-state index contributed by atoms with van der Waals surface area (Å²) >= 11 is 0. The second-order valence-electron chi connectivity index (χ2n) is 4.21. The van der Waals surface area contributed by atoms with E-state index in [1.807, 2.05) is 6.92 Å². The molecule has 80 valence electrons. The molecule has 0 radical (unpaired) electrons. The normalized spacial score (nSPS) is 25.5. The van der Waals surface area contributed by atoms with Gasteiger partial charge in [-0.15, -0.1) is 0 Å². The molecule has 1 unspecified atom stereocenters. The molecule has 0 saturated carbocycles. The highest BCUT2D eigenvalue weighted by Gasteiger charge is 2.32. The van der Waals surface area contributed by atoms with Crippen molar-refractivity contribution in [1.29, 1.82) is 0 Å². The molecular weight excluding hydrogens is 193 g/mol. The van der Waals surface area contributed by atoms with Crippen molar-refractivity contribution in [2.75, 3.05) is 6.54 Å². The molecule has 1 heterocycles. The van der Waals surface area contributed by atoms with Crippen molar-refractivity contribution in [1.82, 2.24) is 5.32 Å². The summed E-state index contributed by atoms with van der Waals surface area (Å²) in [5, 5.41) is 3.33. The monoisotopic (exact) mass is 207 g/mol. The summed E-state index contributed by atoms with van der Waals surface area (Å²) in [6.07, 6.45) is 2.79. The number of hydrogen-bond donors (Lipinski definition) is 1. The van der Waals surface area contributed by atoms with Crippen LogP contribution >= 0.6 is 0 Å². The second-order valence-corrected chi connectivity index (χ2v) is 4.21. The molecule has 2 rings (SSSR count). The van der Waals surface area contributed by atoms with Crippen LogP contribution in [0.1, 0.15) is 35.7 Å². The van der Waals surface area contributed by atoms with Crippen molar-refractivity contribution in [3.63, 3.8) is 0 Å². The van der Waals surface area contributed by atoms with Crippen LogP contribution in [-0.4, -0.2) is 12.8 Å². The summed E-state index contributed by atoms with van der Waals surface area (Å²) in [7, 11) is 0. The number of benzene rings is 1. The van der Waals surface area contributed by atoms with Crippen molar-refractivity contribution in [2.45, 2.75) is 25.3 Å². The van der Waals surface area contributed by atoms with Gasteiger partial charge < -0.3 is 5.32 Å². The number of aldehydes is 1. The Morgan fingerprint density at radius 3 is 2.93 bits per heavy atom. The molecule has 1 N–H and O–H groups in total. The van der Waals surface area contributed by atoms with E-state index in [1.165, 1.54) is 12.1 Å². The van der Waals surface area contributed by atoms with Crippen LogP contribution in [0.3, 0.4) is 0 Å². The van der Waals surface area contributed by atoms with E-state index in [0.29, 0.717) is 5.56 Å². The number of hydrogen-bond acceptors (Lipinski definition) is 2. The fraction of sp³-hybridized carbons (Fsp3) is 0.417. The zero-order chi connectivity index (χ0) is 10.9. The Morgan fingerprint density at radius 1 is 1.53 bits per heavy atom. The minimum absolute atomic E-state index is 0.252. The van der Waals surface area contributed by atoms with Crippen LogP contribution in [-0.2, 0) is 5.54 Å². The fourth-order valence-corrected chi connectivity index (χ4v) is 2.23. The maximum Gasteiger partial charge on any atom is 0.150 e. The highest BCUT2D eigenvalue weighted by molar-refractivity contribution is 5.78. The van der Waals surface area contributed by atoms with Gasteiger partial charge in [0.25, 0.3) is 0 Å². The number of carbonyl (C=O) groups excluding carboxylic acids is 1. The van der Waals surface area contributed by atoms with E-state index in [2.05, 4.69) is 5.32 Å². The van der Waals surface area contributed by atoms with Crippen molar-refractivity contribution >= 4 is 6.29 Å². The maximum atomic E-state index is 13.2. The van der Waals surface area contributed by atoms with Crippen molar-refractivity contribution in [2.24, 2.45) is 0 Å². The minimum Gasteiger partial charge on any atom is -0.308 e. The standard InChI is InChI=1S/C12H14FNO/c1-12(5-2-6-14-12)11-7-10(13)4-3-9(11)8-15/h3-4,7-8,14H,2,5-6H2,1H3. The molecule has 2 nitrogen and oxygen atoms in total. The van der Waals surface area contributed by atoms with Gasteiger partial charge in [-0.2, -0.15) is 0 Å². The summed E-state index contributed by atoms with van der Waals surface area (Å²) in [5.74, 6) is -0.287. The lowest BCUT2D eigenvalue weighted by Gasteiger charge is -2.26. The van der Waals surface area contributed by atoms with Gasteiger partial charge in [-0.25, -0.2) is 4.39 Å². The number of carbonyl (C=O) groups is 1. The van der Waals surface area contributed by atoms with E-state index < -0.39 is 0 Å². The lowest BCUT2D eigenvalue weighted by Crippen LogP contribution is -2.34. The smallest absolute Gasteiger partial charge is 0.150 e. The topological polar surface area (TPSA) is 29.1 Å². The zero-order valence-electron chi connectivity index (χ0n) is 8.72. The third-order valence-corrected chi connectivity index (χ3v) is 3.11. The van der Waals surface area contributed by atoms with Crippen molar-refractivity contribution in [3.8, 4) is 0 Å². The quantitative estimate of drug-likeness (QED) is 0.753. The predicted octanol–water partition coefficient (Wildman–Crippen LogP) is 2.24. The molecule has 1 fully saturated rings. The Morgan fingerprint density at radius 2 is 2.33 bits per heavy atom. The molecule has 3 heteroatoms. The van der Waals surface area contributed by atoms with Crippen molar-refractivity contribution < 1.29 is 9.18 Å².